The van der Waals surface area contributed by atoms with Gasteiger partial charge in [-0.2, -0.15) is 14.7 Å². The van der Waals surface area contributed by atoms with E-state index in [9.17, 15) is 14.0 Å². The van der Waals surface area contributed by atoms with Crippen LogP contribution in [-0.4, -0.2) is 66.5 Å². The molecular weight excluding hydrogens is 493 g/mol. The number of nitrogens with zero attached hydrogens (tertiary/aromatic N) is 5. The van der Waals surface area contributed by atoms with E-state index in [0.29, 0.717) is 35.7 Å². The lowest BCUT2D eigenvalue weighted by molar-refractivity contribution is -0.191. The average Bonchev–Trinajstić information content (AvgIpc) is 3.44. The molecule has 0 spiro atoms. The first-order valence-corrected chi connectivity index (χ1v) is 12.0. The molecule has 6 rings (SSSR count). The van der Waals surface area contributed by atoms with E-state index in [2.05, 4.69) is 25.1 Å². The standard InChI is InChI=1S/C25H24FN7O2.CO2/c1-14-10-15(26)11-19-16(14)12-20(29-19)22(34)33-9-4-18-17(13-33)21(31-30-18)23(35)32(2)25(5-6-25)24-27-7-3-8-28-24;2-1-3/h3,7-8,10-12,29H,4-6,9,13H2,1-2H3,(H,30,31);. The molecular formula is C26H24FN7O4. The number of nitrogens with one attached hydrogen (secondary N) is 2. The van der Waals surface area contributed by atoms with Crippen molar-refractivity contribution in [1.82, 2.24) is 34.9 Å². The minimum absolute atomic E-state index is 0.198. The zero-order valence-corrected chi connectivity index (χ0v) is 20.7. The van der Waals surface area contributed by atoms with Crippen LogP contribution < -0.4 is 0 Å². The smallest absolute Gasteiger partial charge is 0.350 e. The number of halogens is 1. The van der Waals surface area contributed by atoms with Gasteiger partial charge < -0.3 is 14.8 Å². The van der Waals surface area contributed by atoms with E-state index in [-0.39, 0.29) is 30.3 Å². The molecule has 2 aliphatic rings. The highest BCUT2D eigenvalue weighted by Gasteiger charge is 2.53. The summed E-state index contributed by atoms with van der Waals surface area (Å²) < 4.78 is 13.8. The van der Waals surface area contributed by atoms with Crippen molar-refractivity contribution >= 4 is 28.9 Å². The molecule has 3 aromatic heterocycles. The van der Waals surface area contributed by atoms with E-state index in [4.69, 9.17) is 9.59 Å². The van der Waals surface area contributed by atoms with Gasteiger partial charge in [0.25, 0.3) is 11.8 Å². The fraction of sp³-hybridized carbons (Fsp3) is 0.308. The number of aromatic nitrogens is 5. The summed E-state index contributed by atoms with van der Waals surface area (Å²) >= 11 is 0. The molecule has 0 bridgehead atoms. The molecule has 1 fully saturated rings. The fourth-order valence-corrected chi connectivity index (χ4v) is 5.03. The summed E-state index contributed by atoms with van der Waals surface area (Å²) in [5, 5.41) is 8.13. The number of carbonyl (C=O) groups is 2. The lowest BCUT2D eigenvalue weighted by Gasteiger charge is -2.29. The van der Waals surface area contributed by atoms with E-state index < -0.39 is 5.54 Å². The van der Waals surface area contributed by atoms with Crippen LogP contribution in [0.2, 0.25) is 0 Å². The molecule has 0 saturated heterocycles. The zero-order valence-electron chi connectivity index (χ0n) is 20.7. The Morgan fingerprint density at radius 2 is 1.87 bits per heavy atom. The van der Waals surface area contributed by atoms with Gasteiger partial charge in [0, 0.05) is 54.6 Å². The van der Waals surface area contributed by atoms with Gasteiger partial charge >= 0.3 is 6.15 Å². The van der Waals surface area contributed by atoms with E-state index >= 15 is 0 Å². The molecule has 0 unspecified atom stereocenters. The highest BCUT2D eigenvalue weighted by Crippen LogP contribution is 2.49. The van der Waals surface area contributed by atoms with Crippen LogP contribution in [0.3, 0.4) is 0 Å². The normalized spacial score (nSPS) is 15.2. The maximum absolute atomic E-state index is 13.8. The molecule has 11 nitrogen and oxygen atoms in total. The molecule has 38 heavy (non-hydrogen) atoms. The molecule has 1 aromatic carbocycles. The lowest BCUT2D eigenvalue weighted by atomic mass is 10.0. The van der Waals surface area contributed by atoms with Crippen molar-refractivity contribution in [1.29, 1.82) is 0 Å². The molecule has 12 heteroatoms. The van der Waals surface area contributed by atoms with Gasteiger partial charge in [-0.1, -0.05) is 0 Å². The average molecular weight is 518 g/mol. The Morgan fingerprint density at radius 1 is 1.16 bits per heavy atom. The minimum atomic E-state index is -0.522. The molecule has 1 aliphatic carbocycles. The van der Waals surface area contributed by atoms with Gasteiger partial charge in [0.05, 0.1) is 6.54 Å². The monoisotopic (exact) mass is 517 g/mol. The number of aryl methyl sites for hydroxylation is 1. The molecule has 4 aromatic rings. The summed E-state index contributed by atoms with van der Waals surface area (Å²) in [5.74, 6) is -0.143. The van der Waals surface area contributed by atoms with Crippen molar-refractivity contribution < 1.29 is 23.6 Å². The maximum Gasteiger partial charge on any atom is 0.373 e. The summed E-state index contributed by atoms with van der Waals surface area (Å²) in [6, 6.07) is 6.35. The van der Waals surface area contributed by atoms with Gasteiger partial charge in [0.15, 0.2) is 11.5 Å². The van der Waals surface area contributed by atoms with Gasteiger partial charge in [0.2, 0.25) is 0 Å². The van der Waals surface area contributed by atoms with E-state index in [1.54, 1.807) is 41.4 Å². The van der Waals surface area contributed by atoms with Crippen LogP contribution in [0.25, 0.3) is 10.9 Å². The van der Waals surface area contributed by atoms with Crippen molar-refractivity contribution in [2.75, 3.05) is 13.6 Å². The van der Waals surface area contributed by atoms with Crippen LogP contribution in [0.1, 0.15) is 56.5 Å². The van der Waals surface area contributed by atoms with Crippen molar-refractivity contribution in [3.63, 3.8) is 0 Å². The number of fused-ring (bicyclic) bond motifs is 2. The topological polar surface area (TPSA) is 145 Å². The molecule has 1 saturated carbocycles. The fourth-order valence-electron chi connectivity index (χ4n) is 5.03. The summed E-state index contributed by atoms with van der Waals surface area (Å²) in [6.07, 6.45) is 5.75. The predicted octanol–water partition coefficient (Wildman–Crippen LogP) is 2.50. The first-order chi connectivity index (χ1) is 18.3. The number of amides is 2. The van der Waals surface area contributed by atoms with Crippen LogP contribution in [0, 0.1) is 12.7 Å². The summed E-state index contributed by atoms with van der Waals surface area (Å²) in [6.45, 7) is 2.56. The quantitative estimate of drug-likeness (QED) is 0.423. The Hall–Kier alpha value is -4.70. The number of rotatable bonds is 4. The first kappa shape index (κ1) is 25.0. The van der Waals surface area contributed by atoms with Crippen molar-refractivity contribution in [2.24, 2.45) is 0 Å². The number of benzene rings is 1. The summed E-state index contributed by atoms with van der Waals surface area (Å²) in [5.41, 5.74) is 3.12. The second kappa shape index (κ2) is 9.64. The Morgan fingerprint density at radius 3 is 2.55 bits per heavy atom. The highest BCUT2D eigenvalue weighted by atomic mass is 19.1. The van der Waals surface area contributed by atoms with Crippen molar-refractivity contribution in [2.45, 2.75) is 38.3 Å². The largest absolute Gasteiger partial charge is 0.373 e. The van der Waals surface area contributed by atoms with E-state index in [0.717, 1.165) is 35.0 Å². The number of aromatic amines is 2. The van der Waals surface area contributed by atoms with Gasteiger partial charge in [-0.25, -0.2) is 14.4 Å². The second-order valence-electron chi connectivity index (χ2n) is 9.42. The molecule has 0 radical (unpaired) electrons. The second-order valence-corrected chi connectivity index (χ2v) is 9.42. The summed E-state index contributed by atoms with van der Waals surface area (Å²) in [4.78, 5) is 58.2. The molecule has 194 valence electrons. The minimum Gasteiger partial charge on any atom is -0.350 e. The Kier molecular flexibility index (Phi) is 6.33. The summed E-state index contributed by atoms with van der Waals surface area (Å²) in [7, 11) is 1.75. The van der Waals surface area contributed by atoms with Crippen LogP contribution in [0.4, 0.5) is 4.39 Å². The number of hydrogen-bond acceptors (Lipinski definition) is 7. The van der Waals surface area contributed by atoms with E-state index in [1.807, 2.05) is 6.92 Å². The number of carbonyl (C=O) groups excluding carboxylic acids is 4. The maximum atomic E-state index is 13.8. The Labute approximate surface area is 216 Å². The van der Waals surface area contributed by atoms with Gasteiger partial charge in [-0.15, -0.1) is 0 Å². The Bertz CT molecular complexity index is 1570. The molecule has 1 aliphatic heterocycles. The predicted molar refractivity (Wildman–Crippen MR) is 130 cm³/mol. The van der Waals surface area contributed by atoms with Crippen molar-refractivity contribution in [3.05, 3.63) is 76.5 Å². The van der Waals surface area contributed by atoms with Gasteiger partial charge in [-0.3, -0.25) is 14.7 Å². The third-order valence-corrected chi connectivity index (χ3v) is 7.22. The Balaban J connectivity index is 0.000000937. The van der Waals surface area contributed by atoms with E-state index in [1.165, 1.54) is 12.1 Å². The van der Waals surface area contributed by atoms with Crippen LogP contribution in [-0.2, 0) is 28.1 Å². The van der Waals surface area contributed by atoms with Crippen LogP contribution >= 0.6 is 0 Å². The first-order valence-electron chi connectivity index (χ1n) is 12.0. The SMILES string of the molecule is Cc1cc(F)cc2[nH]c(C(=O)N3CCc4[nH]nc(C(=O)N(C)C5(c6ncccn6)CC5)c4C3)cc12.O=C=O. The number of hydrogen-bond donors (Lipinski definition) is 2. The lowest BCUT2D eigenvalue weighted by Crippen LogP contribution is -2.40. The third-order valence-electron chi connectivity index (χ3n) is 7.22. The third kappa shape index (κ3) is 4.24. The zero-order chi connectivity index (χ0) is 27.0. The van der Waals surface area contributed by atoms with Gasteiger partial charge in [0.1, 0.15) is 17.1 Å². The highest BCUT2D eigenvalue weighted by molar-refractivity contribution is 5.99. The number of H-pyrrole nitrogens is 2. The van der Waals surface area contributed by atoms with Crippen LogP contribution in [0.15, 0.2) is 36.7 Å². The van der Waals surface area contributed by atoms with Crippen LogP contribution in [0.5, 0.6) is 0 Å². The van der Waals surface area contributed by atoms with Gasteiger partial charge in [-0.05, 0) is 49.6 Å². The molecule has 2 N–H and O–H groups in total. The van der Waals surface area contributed by atoms with Crippen molar-refractivity contribution in [3.8, 4) is 0 Å². The molecule has 2 amide bonds. The molecule has 0 atom stereocenters. The molecule has 4 heterocycles.